The summed E-state index contributed by atoms with van der Waals surface area (Å²) < 4.78 is 10.1. The van der Waals surface area contributed by atoms with Crippen LogP contribution in [0.2, 0.25) is 5.02 Å². The molecule has 0 atom stereocenters. The zero-order chi connectivity index (χ0) is 20.5. The van der Waals surface area contributed by atoms with Crippen LogP contribution in [-0.2, 0) is 14.3 Å². The van der Waals surface area contributed by atoms with E-state index in [1.54, 1.807) is 24.3 Å². The largest absolute Gasteiger partial charge is 0.494 e. The lowest BCUT2D eigenvalue weighted by atomic mass is 10.2. The molecule has 0 fully saturated rings. The van der Waals surface area contributed by atoms with Crippen LogP contribution in [0, 0.1) is 10.1 Å². The minimum absolute atomic E-state index is 0.0801. The SMILES string of the molecule is CCOc1ccc(/C=C/C(=O)OCC(=O)Nc2cc(Cl)ccc2[N+](=O)[O-])cc1. The molecule has 0 radical (unpaired) electrons. The van der Waals surface area contributed by atoms with Crippen molar-refractivity contribution in [2.75, 3.05) is 18.5 Å². The van der Waals surface area contributed by atoms with Gasteiger partial charge < -0.3 is 14.8 Å². The van der Waals surface area contributed by atoms with Gasteiger partial charge in [0.2, 0.25) is 0 Å². The van der Waals surface area contributed by atoms with Crippen LogP contribution >= 0.6 is 11.6 Å². The number of benzene rings is 2. The molecular formula is C19H17ClN2O6. The lowest BCUT2D eigenvalue weighted by Crippen LogP contribution is -2.20. The van der Waals surface area contributed by atoms with Crippen molar-refractivity contribution in [1.82, 2.24) is 0 Å². The molecule has 28 heavy (non-hydrogen) atoms. The van der Waals surface area contributed by atoms with Crippen LogP contribution in [0.4, 0.5) is 11.4 Å². The monoisotopic (exact) mass is 404 g/mol. The normalized spacial score (nSPS) is 10.5. The number of hydrogen-bond donors (Lipinski definition) is 1. The summed E-state index contributed by atoms with van der Waals surface area (Å²) in [5.41, 5.74) is 0.349. The molecule has 0 saturated heterocycles. The second kappa shape index (κ2) is 10.1. The predicted octanol–water partition coefficient (Wildman–Crippen LogP) is 3.84. The van der Waals surface area contributed by atoms with Crippen LogP contribution in [0.3, 0.4) is 0 Å². The number of nitro benzene ring substituents is 1. The van der Waals surface area contributed by atoms with Crippen molar-refractivity contribution in [2.24, 2.45) is 0 Å². The van der Waals surface area contributed by atoms with Crippen molar-refractivity contribution in [1.29, 1.82) is 0 Å². The number of halogens is 1. The molecule has 0 unspecified atom stereocenters. The first-order chi connectivity index (χ1) is 13.4. The summed E-state index contributed by atoms with van der Waals surface area (Å²) in [6.45, 7) is 1.84. The number of esters is 1. The fourth-order valence-electron chi connectivity index (χ4n) is 2.14. The summed E-state index contributed by atoms with van der Waals surface area (Å²) in [7, 11) is 0. The summed E-state index contributed by atoms with van der Waals surface area (Å²) >= 11 is 5.78. The van der Waals surface area contributed by atoms with Gasteiger partial charge in [0.25, 0.3) is 11.6 Å². The van der Waals surface area contributed by atoms with E-state index in [1.807, 2.05) is 6.92 Å². The van der Waals surface area contributed by atoms with E-state index in [4.69, 9.17) is 21.1 Å². The lowest BCUT2D eigenvalue weighted by Gasteiger charge is -2.06. The Kier molecular flexibility index (Phi) is 7.53. The Morgan fingerprint density at radius 2 is 1.93 bits per heavy atom. The Hall–Kier alpha value is -3.39. The Balaban J connectivity index is 1.88. The van der Waals surface area contributed by atoms with Crippen molar-refractivity contribution in [3.05, 3.63) is 69.2 Å². The molecule has 2 aromatic carbocycles. The molecule has 9 heteroatoms. The first kappa shape index (κ1) is 20.9. The highest BCUT2D eigenvalue weighted by Gasteiger charge is 2.16. The smallest absolute Gasteiger partial charge is 0.331 e. The maximum Gasteiger partial charge on any atom is 0.331 e. The molecule has 1 N–H and O–H groups in total. The number of anilines is 1. The maximum atomic E-state index is 11.9. The van der Waals surface area contributed by atoms with E-state index in [0.717, 1.165) is 5.56 Å². The van der Waals surface area contributed by atoms with Crippen LogP contribution < -0.4 is 10.1 Å². The molecule has 0 aliphatic heterocycles. The number of nitrogens with one attached hydrogen (secondary N) is 1. The van der Waals surface area contributed by atoms with E-state index in [1.165, 1.54) is 30.4 Å². The lowest BCUT2D eigenvalue weighted by molar-refractivity contribution is -0.383. The fourth-order valence-corrected chi connectivity index (χ4v) is 2.32. The predicted molar refractivity (Wildman–Crippen MR) is 104 cm³/mol. The van der Waals surface area contributed by atoms with E-state index in [2.05, 4.69) is 5.32 Å². The van der Waals surface area contributed by atoms with Crippen molar-refractivity contribution < 1.29 is 24.0 Å². The van der Waals surface area contributed by atoms with Gasteiger partial charge in [-0.3, -0.25) is 14.9 Å². The van der Waals surface area contributed by atoms with Gasteiger partial charge in [0.15, 0.2) is 6.61 Å². The first-order valence-corrected chi connectivity index (χ1v) is 8.58. The quantitative estimate of drug-likeness (QED) is 0.310. The van der Waals surface area contributed by atoms with E-state index < -0.39 is 23.4 Å². The summed E-state index contributed by atoms with van der Waals surface area (Å²) in [5, 5.41) is 13.5. The number of rotatable bonds is 8. The number of ether oxygens (including phenoxy) is 2. The topological polar surface area (TPSA) is 108 Å². The van der Waals surface area contributed by atoms with Crippen LogP contribution in [0.1, 0.15) is 12.5 Å². The second-order valence-corrected chi connectivity index (χ2v) is 5.85. The van der Waals surface area contributed by atoms with Gasteiger partial charge in [-0.1, -0.05) is 23.7 Å². The number of nitro groups is 1. The average molecular weight is 405 g/mol. The molecule has 0 spiro atoms. The van der Waals surface area contributed by atoms with Gasteiger partial charge in [-0.2, -0.15) is 0 Å². The summed E-state index contributed by atoms with van der Waals surface area (Å²) in [6, 6.07) is 10.8. The molecule has 0 aromatic heterocycles. The number of carbonyl (C=O) groups is 2. The highest BCUT2D eigenvalue weighted by atomic mass is 35.5. The van der Waals surface area contributed by atoms with Crippen LogP contribution in [0.15, 0.2) is 48.5 Å². The molecule has 8 nitrogen and oxygen atoms in total. The third kappa shape index (κ3) is 6.40. The van der Waals surface area contributed by atoms with Gasteiger partial charge in [0, 0.05) is 17.2 Å². The molecule has 2 aromatic rings. The zero-order valence-electron chi connectivity index (χ0n) is 14.9. The second-order valence-electron chi connectivity index (χ2n) is 5.41. The van der Waals surface area contributed by atoms with Gasteiger partial charge in [-0.05, 0) is 42.8 Å². The summed E-state index contributed by atoms with van der Waals surface area (Å²) in [6.07, 6.45) is 2.70. The van der Waals surface area contributed by atoms with Gasteiger partial charge in [-0.25, -0.2) is 4.79 Å². The molecule has 0 aliphatic carbocycles. The third-order valence-corrected chi connectivity index (χ3v) is 3.61. The molecule has 146 valence electrons. The van der Waals surface area contributed by atoms with Crippen LogP contribution in [0.25, 0.3) is 6.08 Å². The summed E-state index contributed by atoms with van der Waals surface area (Å²) in [4.78, 5) is 33.9. The minimum Gasteiger partial charge on any atom is -0.494 e. The molecule has 0 saturated carbocycles. The Bertz CT molecular complexity index is 896. The molecule has 0 heterocycles. The highest BCUT2D eigenvalue weighted by molar-refractivity contribution is 6.31. The van der Waals surface area contributed by atoms with Crippen molar-refractivity contribution >= 4 is 40.9 Å². The van der Waals surface area contributed by atoms with E-state index in [-0.39, 0.29) is 16.4 Å². The van der Waals surface area contributed by atoms with E-state index in [0.29, 0.717) is 12.4 Å². The standard InChI is InChI=1S/C19H17ClN2O6/c1-2-27-15-7-3-13(4-8-15)5-10-19(24)28-12-18(23)21-16-11-14(20)6-9-17(16)22(25)26/h3-11H,2,12H2,1H3,(H,21,23)/b10-5+. The maximum absolute atomic E-state index is 11.9. The number of carbonyl (C=O) groups excluding carboxylic acids is 2. The van der Waals surface area contributed by atoms with Gasteiger partial charge >= 0.3 is 5.97 Å². The number of nitrogens with zero attached hydrogens (tertiary/aromatic N) is 1. The van der Waals surface area contributed by atoms with E-state index in [9.17, 15) is 19.7 Å². The highest BCUT2D eigenvalue weighted by Crippen LogP contribution is 2.27. The van der Waals surface area contributed by atoms with Crippen molar-refractivity contribution in [3.8, 4) is 5.75 Å². The Morgan fingerprint density at radius 3 is 2.57 bits per heavy atom. The molecule has 0 bridgehead atoms. The number of amides is 1. The van der Waals surface area contributed by atoms with Crippen LogP contribution in [-0.4, -0.2) is 30.0 Å². The molecule has 2 rings (SSSR count). The Morgan fingerprint density at radius 1 is 1.21 bits per heavy atom. The average Bonchev–Trinajstić information content (AvgIpc) is 2.66. The van der Waals surface area contributed by atoms with Crippen molar-refractivity contribution in [3.63, 3.8) is 0 Å². The van der Waals surface area contributed by atoms with Crippen molar-refractivity contribution in [2.45, 2.75) is 6.92 Å². The summed E-state index contributed by atoms with van der Waals surface area (Å²) in [5.74, 6) is -0.744. The first-order valence-electron chi connectivity index (χ1n) is 8.20. The molecule has 0 aliphatic rings. The van der Waals surface area contributed by atoms with Gasteiger partial charge in [0.05, 0.1) is 11.5 Å². The fraction of sp³-hybridized carbons (Fsp3) is 0.158. The van der Waals surface area contributed by atoms with Crippen LogP contribution in [0.5, 0.6) is 5.75 Å². The van der Waals surface area contributed by atoms with Gasteiger partial charge in [0.1, 0.15) is 11.4 Å². The number of hydrogen-bond acceptors (Lipinski definition) is 6. The van der Waals surface area contributed by atoms with E-state index >= 15 is 0 Å². The third-order valence-electron chi connectivity index (χ3n) is 3.38. The Labute approximate surface area is 165 Å². The molecular weight excluding hydrogens is 388 g/mol. The zero-order valence-corrected chi connectivity index (χ0v) is 15.6. The molecule has 1 amide bonds. The minimum atomic E-state index is -0.732. The van der Waals surface area contributed by atoms with Gasteiger partial charge in [-0.15, -0.1) is 0 Å².